The topological polar surface area (TPSA) is 46.5 Å². The van der Waals surface area contributed by atoms with Crippen LogP contribution >= 0.6 is 11.3 Å². The Hall–Kier alpha value is -0.870. The molecule has 0 radical (unpaired) electrons. The molecule has 0 amide bonds. The molecule has 0 bridgehead atoms. The average molecular weight is 186 g/mol. The van der Waals surface area contributed by atoms with Crippen molar-refractivity contribution < 1.29 is 14.6 Å². The highest BCUT2D eigenvalue weighted by Crippen LogP contribution is 2.10. The standard InChI is InChI=1S/C8H10O3S/c1-11-7(8(9)10)4-6-2-3-12-5-6/h2-3,5,7H,4H2,1H3,(H,9,10). The second kappa shape index (κ2) is 4.23. The SMILES string of the molecule is COC(Cc1ccsc1)C(=O)O. The molecule has 0 saturated heterocycles. The third kappa shape index (κ3) is 2.32. The molecule has 3 nitrogen and oxygen atoms in total. The van der Waals surface area contributed by atoms with E-state index in [1.807, 2.05) is 16.8 Å². The number of methoxy groups -OCH3 is 1. The molecule has 0 spiro atoms. The van der Waals surface area contributed by atoms with Crippen molar-refractivity contribution in [2.75, 3.05) is 7.11 Å². The Balaban J connectivity index is 2.54. The van der Waals surface area contributed by atoms with Crippen molar-refractivity contribution in [2.45, 2.75) is 12.5 Å². The van der Waals surface area contributed by atoms with E-state index in [1.54, 1.807) is 11.3 Å². The smallest absolute Gasteiger partial charge is 0.333 e. The highest BCUT2D eigenvalue weighted by molar-refractivity contribution is 7.07. The molecule has 0 aliphatic heterocycles. The second-order valence-electron chi connectivity index (χ2n) is 2.40. The maximum Gasteiger partial charge on any atom is 0.333 e. The minimum atomic E-state index is -0.913. The maximum atomic E-state index is 10.5. The summed E-state index contributed by atoms with van der Waals surface area (Å²) >= 11 is 1.56. The van der Waals surface area contributed by atoms with Gasteiger partial charge in [-0.1, -0.05) is 0 Å². The molecule has 1 rings (SSSR count). The van der Waals surface area contributed by atoms with Crippen LogP contribution in [-0.4, -0.2) is 24.3 Å². The van der Waals surface area contributed by atoms with Crippen molar-refractivity contribution in [1.29, 1.82) is 0 Å². The molecule has 0 fully saturated rings. The number of carboxylic acids is 1. The Morgan fingerprint density at radius 1 is 1.83 bits per heavy atom. The summed E-state index contributed by atoms with van der Waals surface area (Å²) in [7, 11) is 1.41. The number of thiophene rings is 1. The van der Waals surface area contributed by atoms with Gasteiger partial charge < -0.3 is 9.84 Å². The number of hydrogen-bond acceptors (Lipinski definition) is 3. The average Bonchev–Trinajstić information content (AvgIpc) is 2.51. The van der Waals surface area contributed by atoms with Crippen molar-refractivity contribution in [3.05, 3.63) is 22.4 Å². The molecule has 0 aliphatic rings. The minimum absolute atomic E-state index is 0.440. The van der Waals surface area contributed by atoms with Gasteiger partial charge in [-0.05, 0) is 22.4 Å². The summed E-state index contributed by atoms with van der Waals surface area (Å²) in [5.41, 5.74) is 1.01. The predicted molar refractivity (Wildman–Crippen MR) is 46.5 cm³/mol. The van der Waals surface area contributed by atoms with Gasteiger partial charge in [0.1, 0.15) is 0 Å². The zero-order valence-electron chi connectivity index (χ0n) is 6.69. The number of carbonyl (C=O) groups is 1. The largest absolute Gasteiger partial charge is 0.479 e. The molecule has 1 aromatic heterocycles. The first-order valence-electron chi connectivity index (χ1n) is 3.50. The number of hydrogen-bond donors (Lipinski definition) is 1. The number of ether oxygens (including phenoxy) is 1. The van der Waals surface area contributed by atoms with Crippen LogP contribution in [0.3, 0.4) is 0 Å². The van der Waals surface area contributed by atoms with E-state index in [1.165, 1.54) is 7.11 Å². The lowest BCUT2D eigenvalue weighted by atomic mass is 10.1. The molecular formula is C8H10O3S. The molecule has 1 unspecified atom stereocenters. The second-order valence-corrected chi connectivity index (χ2v) is 3.18. The summed E-state index contributed by atoms with van der Waals surface area (Å²) in [5, 5.41) is 12.5. The number of aliphatic carboxylic acids is 1. The van der Waals surface area contributed by atoms with Crippen LogP contribution in [0.1, 0.15) is 5.56 Å². The molecule has 0 aliphatic carbocycles. The van der Waals surface area contributed by atoms with Crippen molar-refractivity contribution in [3.63, 3.8) is 0 Å². The zero-order valence-corrected chi connectivity index (χ0v) is 7.50. The highest BCUT2D eigenvalue weighted by atomic mass is 32.1. The van der Waals surface area contributed by atoms with E-state index in [0.29, 0.717) is 6.42 Å². The van der Waals surface area contributed by atoms with Gasteiger partial charge in [-0.25, -0.2) is 4.79 Å². The van der Waals surface area contributed by atoms with Crippen LogP contribution in [0.5, 0.6) is 0 Å². The van der Waals surface area contributed by atoms with E-state index in [2.05, 4.69) is 0 Å². The normalized spacial score (nSPS) is 12.8. The first-order chi connectivity index (χ1) is 5.74. The van der Waals surface area contributed by atoms with Gasteiger partial charge in [0, 0.05) is 13.5 Å². The van der Waals surface area contributed by atoms with Gasteiger partial charge in [-0.15, -0.1) is 0 Å². The summed E-state index contributed by atoms with van der Waals surface area (Å²) in [6.45, 7) is 0. The van der Waals surface area contributed by atoms with E-state index in [9.17, 15) is 4.79 Å². The Morgan fingerprint density at radius 2 is 2.58 bits per heavy atom. The zero-order chi connectivity index (χ0) is 8.97. The van der Waals surface area contributed by atoms with Crippen LogP contribution < -0.4 is 0 Å². The number of carboxylic acid groups (broad SMARTS) is 1. The molecule has 1 heterocycles. The lowest BCUT2D eigenvalue weighted by Crippen LogP contribution is -2.24. The first-order valence-corrected chi connectivity index (χ1v) is 4.45. The van der Waals surface area contributed by atoms with Crippen LogP contribution in [0.4, 0.5) is 0 Å². The Bertz CT molecular complexity index is 243. The molecular weight excluding hydrogens is 176 g/mol. The summed E-state index contributed by atoms with van der Waals surface area (Å²) in [6.07, 6.45) is -0.283. The monoisotopic (exact) mass is 186 g/mol. The fraction of sp³-hybridized carbons (Fsp3) is 0.375. The van der Waals surface area contributed by atoms with Crippen molar-refractivity contribution in [3.8, 4) is 0 Å². The third-order valence-corrected chi connectivity index (χ3v) is 2.29. The summed E-state index contributed by atoms with van der Waals surface area (Å²) in [6, 6.07) is 1.90. The molecule has 12 heavy (non-hydrogen) atoms. The van der Waals surface area contributed by atoms with Crippen molar-refractivity contribution >= 4 is 17.3 Å². The molecule has 66 valence electrons. The minimum Gasteiger partial charge on any atom is -0.479 e. The van der Waals surface area contributed by atoms with Crippen LogP contribution in [0.25, 0.3) is 0 Å². The molecule has 1 N–H and O–H groups in total. The number of rotatable bonds is 4. The van der Waals surface area contributed by atoms with Crippen LogP contribution in [0.2, 0.25) is 0 Å². The van der Waals surface area contributed by atoms with Gasteiger partial charge in [0.05, 0.1) is 0 Å². The van der Waals surface area contributed by atoms with Gasteiger partial charge in [0.2, 0.25) is 0 Å². The first kappa shape index (κ1) is 9.22. The van der Waals surface area contributed by atoms with Gasteiger partial charge in [-0.3, -0.25) is 0 Å². The molecule has 0 aromatic carbocycles. The molecule has 1 atom stereocenters. The fourth-order valence-electron chi connectivity index (χ4n) is 0.894. The van der Waals surface area contributed by atoms with Crippen LogP contribution in [-0.2, 0) is 16.0 Å². The Morgan fingerprint density at radius 3 is 3.00 bits per heavy atom. The Labute approximate surface area is 74.6 Å². The lowest BCUT2D eigenvalue weighted by molar-refractivity contribution is -0.148. The van der Waals surface area contributed by atoms with Crippen molar-refractivity contribution in [1.82, 2.24) is 0 Å². The van der Waals surface area contributed by atoms with Crippen LogP contribution in [0.15, 0.2) is 16.8 Å². The van der Waals surface area contributed by atoms with E-state index >= 15 is 0 Å². The molecule has 1 aromatic rings. The van der Waals surface area contributed by atoms with Gasteiger partial charge >= 0.3 is 5.97 Å². The highest BCUT2D eigenvalue weighted by Gasteiger charge is 2.16. The predicted octanol–water partition coefficient (Wildman–Crippen LogP) is 1.39. The van der Waals surface area contributed by atoms with Gasteiger partial charge in [0.25, 0.3) is 0 Å². The van der Waals surface area contributed by atoms with Crippen molar-refractivity contribution in [2.24, 2.45) is 0 Å². The molecule has 0 saturated carbocycles. The van der Waals surface area contributed by atoms with E-state index < -0.39 is 12.1 Å². The van der Waals surface area contributed by atoms with Crippen LogP contribution in [0, 0.1) is 0 Å². The quantitative estimate of drug-likeness (QED) is 0.773. The summed E-state index contributed by atoms with van der Waals surface area (Å²) in [4.78, 5) is 10.5. The fourth-order valence-corrected chi connectivity index (χ4v) is 1.58. The lowest BCUT2D eigenvalue weighted by Gasteiger charge is -2.07. The van der Waals surface area contributed by atoms with Gasteiger partial charge in [0.15, 0.2) is 6.10 Å². The van der Waals surface area contributed by atoms with E-state index in [-0.39, 0.29) is 0 Å². The van der Waals surface area contributed by atoms with E-state index in [4.69, 9.17) is 9.84 Å². The summed E-state index contributed by atoms with van der Waals surface area (Å²) < 4.78 is 4.79. The maximum absolute atomic E-state index is 10.5. The Kier molecular flexibility index (Phi) is 3.25. The molecule has 4 heteroatoms. The third-order valence-electron chi connectivity index (χ3n) is 1.56. The van der Waals surface area contributed by atoms with E-state index in [0.717, 1.165) is 5.56 Å². The van der Waals surface area contributed by atoms with Gasteiger partial charge in [-0.2, -0.15) is 11.3 Å². The summed E-state index contributed by atoms with van der Waals surface area (Å²) in [5.74, 6) is -0.913.